The van der Waals surface area contributed by atoms with Gasteiger partial charge >= 0.3 is 0 Å². The molecule has 98 valence electrons. The highest BCUT2D eigenvalue weighted by molar-refractivity contribution is 9.11. The molecule has 5 heteroatoms. The number of aromatic hydroxyl groups is 1. The molecule has 18 heavy (non-hydrogen) atoms. The Labute approximate surface area is 123 Å². The lowest BCUT2D eigenvalue weighted by molar-refractivity contribution is 0.121. The fourth-order valence-corrected chi connectivity index (χ4v) is 3.35. The van der Waals surface area contributed by atoms with Crippen LogP contribution in [0.15, 0.2) is 26.1 Å². The van der Waals surface area contributed by atoms with Gasteiger partial charge in [-0.1, -0.05) is 0 Å². The quantitative estimate of drug-likeness (QED) is 0.774. The van der Waals surface area contributed by atoms with Crippen LogP contribution in [0.3, 0.4) is 0 Å². The van der Waals surface area contributed by atoms with E-state index in [1.807, 2.05) is 12.1 Å². The zero-order valence-corrected chi connectivity index (χ0v) is 13.0. The Balaban J connectivity index is 2.09. The van der Waals surface area contributed by atoms with E-state index in [4.69, 9.17) is 0 Å². The molecule has 0 heterocycles. The average molecular weight is 377 g/mol. The van der Waals surface area contributed by atoms with Gasteiger partial charge in [0.25, 0.3) is 0 Å². The second kappa shape index (κ2) is 6.17. The molecule has 0 amide bonds. The molecule has 1 fully saturated rings. The number of aliphatic hydroxyl groups is 1. The summed E-state index contributed by atoms with van der Waals surface area (Å²) in [7, 11) is 0. The zero-order chi connectivity index (χ0) is 13.1. The van der Waals surface area contributed by atoms with E-state index in [0.29, 0.717) is 8.95 Å². The van der Waals surface area contributed by atoms with Gasteiger partial charge in [0.05, 0.1) is 21.1 Å². The van der Waals surface area contributed by atoms with Crippen LogP contribution in [0.25, 0.3) is 0 Å². The molecule has 0 spiro atoms. The highest BCUT2D eigenvalue weighted by atomic mass is 79.9. The van der Waals surface area contributed by atoms with Gasteiger partial charge in [-0.25, -0.2) is 0 Å². The van der Waals surface area contributed by atoms with Crippen LogP contribution in [0.2, 0.25) is 0 Å². The molecule has 0 saturated heterocycles. The molecule has 0 bridgehead atoms. The summed E-state index contributed by atoms with van der Waals surface area (Å²) in [6.45, 7) is 0. The maximum Gasteiger partial charge on any atom is 0.143 e. The third-order valence-electron chi connectivity index (χ3n) is 3.09. The van der Waals surface area contributed by atoms with Crippen LogP contribution in [0.5, 0.6) is 5.75 Å². The van der Waals surface area contributed by atoms with Gasteiger partial charge in [-0.3, -0.25) is 4.99 Å². The summed E-state index contributed by atoms with van der Waals surface area (Å²) in [5.74, 6) is 0.195. The Morgan fingerprint density at radius 2 is 1.89 bits per heavy atom. The monoisotopic (exact) mass is 375 g/mol. The van der Waals surface area contributed by atoms with Gasteiger partial charge in [0, 0.05) is 6.21 Å². The third-order valence-corrected chi connectivity index (χ3v) is 4.30. The number of nitrogens with zero attached hydrogens (tertiary/aromatic N) is 1. The Morgan fingerprint density at radius 3 is 2.50 bits per heavy atom. The van der Waals surface area contributed by atoms with E-state index in [-0.39, 0.29) is 17.9 Å². The van der Waals surface area contributed by atoms with Crippen LogP contribution in [0.1, 0.15) is 31.2 Å². The number of hydrogen-bond donors (Lipinski definition) is 2. The lowest BCUT2D eigenvalue weighted by atomic mass is 9.93. The van der Waals surface area contributed by atoms with E-state index >= 15 is 0 Å². The second-order valence-corrected chi connectivity index (χ2v) is 6.29. The highest BCUT2D eigenvalue weighted by Crippen LogP contribution is 2.33. The average Bonchev–Trinajstić information content (AvgIpc) is 2.33. The van der Waals surface area contributed by atoms with Gasteiger partial charge in [-0.05, 0) is 75.2 Å². The molecule has 0 unspecified atom stereocenters. The van der Waals surface area contributed by atoms with Crippen molar-refractivity contribution in [2.24, 2.45) is 4.99 Å². The first-order chi connectivity index (χ1) is 8.56. The Kier molecular flexibility index (Phi) is 4.81. The summed E-state index contributed by atoms with van der Waals surface area (Å²) in [5.41, 5.74) is 0.923. The number of phenols is 1. The summed E-state index contributed by atoms with van der Waals surface area (Å²) in [5, 5.41) is 19.2. The first kappa shape index (κ1) is 14.0. The minimum atomic E-state index is -0.209. The highest BCUT2D eigenvalue weighted by Gasteiger charge is 2.18. The standard InChI is InChI=1S/C13H15Br2NO2/c14-11-4-8(5-12(15)13(11)18)7-16-9-2-1-3-10(17)6-9/h4-5,7,9-10,17-18H,1-3,6H2/t9-,10+/m0/s1. The van der Waals surface area contributed by atoms with Crippen molar-refractivity contribution >= 4 is 38.1 Å². The van der Waals surface area contributed by atoms with Crippen LogP contribution in [0, 0.1) is 0 Å². The van der Waals surface area contributed by atoms with Gasteiger partial charge in [0.15, 0.2) is 0 Å². The zero-order valence-electron chi connectivity index (χ0n) is 9.81. The van der Waals surface area contributed by atoms with Gasteiger partial charge in [-0.15, -0.1) is 0 Å². The van der Waals surface area contributed by atoms with Crippen molar-refractivity contribution in [1.29, 1.82) is 0 Å². The molecule has 1 aliphatic carbocycles. The number of halogens is 2. The summed E-state index contributed by atoms with van der Waals surface area (Å²) in [6, 6.07) is 3.85. The minimum absolute atomic E-state index is 0.195. The normalized spacial score (nSPS) is 24.6. The summed E-state index contributed by atoms with van der Waals surface area (Å²) < 4.78 is 1.28. The number of aliphatic imine (C=N–C) groups is 1. The number of hydrogen-bond acceptors (Lipinski definition) is 3. The lowest BCUT2D eigenvalue weighted by Crippen LogP contribution is -2.22. The number of rotatable bonds is 2. The molecule has 2 atom stereocenters. The number of benzene rings is 1. The predicted molar refractivity (Wildman–Crippen MR) is 79.4 cm³/mol. The van der Waals surface area contributed by atoms with Crippen molar-refractivity contribution in [2.45, 2.75) is 37.8 Å². The molecule has 1 aromatic rings. The Morgan fingerprint density at radius 1 is 1.22 bits per heavy atom. The fourth-order valence-electron chi connectivity index (χ4n) is 2.13. The number of aliphatic hydroxyl groups excluding tert-OH is 1. The topological polar surface area (TPSA) is 52.8 Å². The first-order valence-electron chi connectivity index (χ1n) is 5.95. The Hall–Kier alpha value is -0.390. The Bertz CT molecular complexity index is 439. The third kappa shape index (κ3) is 3.56. The molecular formula is C13H15Br2NO2. The second-order valence-electron chi connectivity index (χ2n) is 4.59. The van der Waals surface area contributed by atoms with E-state index in [9.17, 15) is 10.2 Å². The van der Waals surface area contributed by atoms with Crippen LogP contribution < -0.4 is 0 Å². The molecule has 0 aliphatic heterocycles. The predicted octanol–water partition coefficient (Wildman–Crippen LogP) is 3.64. The number of phenolic OH excluding ortho intramolecular Hbond substituents is 1. The molecule has 1 aromatic carbocycles. The molecule has 0 radical (unpaired) electrons. The van der Waals surface area contributed by atoms with E-state index in [0.717, 1.165) is 31.2 Å². The fraction of sp³-hybridized carbons (Fsp3) is 0.462. The van der Waals surface area contributed by atoms with Gasteiger partial charge in [-0.2, -0.15) is 0 Å². The molecule has 2 N–H and O–H groups in total. The summed E-state index contributed by atoms with van der Waals surface area (Å²) in [4.78, 5) is 4.51. The van der Waals surface area contributed by atoms with Crippen molar-refractivity contribution in [1.82, 2.24) is 0 Å². The van der Waals surface area contributed by atoms with E-state index < -0.39 is 0 Å². The molecule has 3 nitrogen and oxygen atoms in total. The van der Waals surface area contributed by atoms with Crippen molar-refractivity contribution in [2.75, 3.05) is 0 Å². The largest absolute Gasteiger partial charge is 0.506 e. The summed E-state index contributed by atoms with van der Waals surface area (Å²) >= 11 is 6.58. The maximum absolute atomic E-state index is 9.61. The summed E-state index contributed by atoms with van der Waals surface area (Å²) in [6.07, 6.45) is 5.30. The van der Waals surface area contributed by atoms with Crippen LogP contribution >= 0.6 is 31.9 Å². The molecule has 1 aliphatic rings. The van der Waals surface area contributed by atoms with Gasteiger partial charge < -0.3 is 10.2 Å². The van der Waals surface area contributed by atoms with Crippen molar-refractivity contribution < 1.29 is 10.2 Å². The van der Waals surface area contributed by atoms with E-state index in [1.54, 1.807) is 6.21 Å². The first-order valence-corrected chi connectivity index (χ1v) is 7.54. The maximum atomic E-state index is 9.61. The smallest absolute Gasteiger partial charge is 0.143 e. The molecule has 0 aromatic heterocycles. The lowest BCUT2D eigenvalue weighted by Gasteiger charge is -2.22. The van der Waals surface area contributed by atoms with Crippen molar-refractivity contribution in [3.8, 4) is 5.75 Å². The molecule has 2 rings (SSSR count). The van der Waals surface area contributed by atoms with Crippen LogP contribution in [0.4, 0.5) is 0 Å². The van der Waals surface area contributed by atoms with Crippen molar-refractivity contribution in [3.63, 3.8) is 0 Å². The molecule has 1 saturated carbocycles. The minimum Gasteiger partial charge on any atom is -0.506 e. The van der Waals surface area contributed by atoms with Crippen LogP contribution in [-0.4, -0.2) is 28.6 Å². The van der Waals surface area contributed by atoms with E-state index in [2.05, 4.69) is 36.9 Å². The SMILES string of the molecule is Oc1c(Br)cc(C=N[C@H]2CCC[C@@H](O)C2)cc1Br. The van der Waals surface area contributed by atoms with Gasteiger partial charge in [0.1, 0.15) is 5.75 Å². The van der Waals surface area contributed by atoms with Gasteiger partial charge in [0.2, 0.25) is 0 Å². The van der Waals surface area contributed by atoms with Crippen molar-refractivity contribution in [3.05, 3.63) is 26.6 Å². The van der Waals surface area contributed by atoms with E-state index in [1.165, 1.54) is 0 Å². The van der Waals surface area contributed by atoms with Crippen LogP contribution in [-0.2, 0) is 0 Å². The molecular weight excluding hydrogens is 362 g/mol.